The highest BCUT2D eigenvalue weighted by Gasteiger charge is 2.16. The van der Waals surface area contributed by atoms with Crippen LogP contribution in [0.5, 0.6) is 0 Å². The van der Waals surface area contributed by atoms with Gasteiger partial charge >= 0.3 is 0 Å². The third kappa shape index (κ3) is 2.89. The van der Waals surface area contributed by atoms with Crippen molar-refractivity contribution in [3.63, 3.8) is 0 Å². The van der Waals surface area contributed by atoms with Crippen molar-refractivity contribution in [2.75, 3.05) is 5.32 Å². The number of aromatic nitrogens is 3. The van der Waals surface area contributed by atoms with Gasteiger partial charge in [0.05, 0.1) is 18.3 Å². The van der Waals surface area contributed by atoms with Crippen molar-refractivity contribution in [1.82, 2.24) is 14.1 Å². The number of benzene rings is 2. The van der Waals surface area contributed by atoms with Gasteiger partial charge in [0.1, 0.15) is 5.82 Å². The van der Waals surface area contributed by atoms with Crippen molar-refractivity contribution >= 4 is 22.5 Å². The highest BCUT2D eigenvalue weighted by atomic mass is 16.1. The van der Waals surface area contributed by atoms with E-state index in [-0.39, 0.29) is 5.91 Å². The molecule has 1 aliphatic heterocycles. The molecular formula is C23H22N4O. The number of hydrogen-bond acceptors (Lipinski definition) is 2. The SMILES string of the molecule is Cn1cc(CC(=O)Nc2ccc(-c3cnc4n3CCC4)cc2)c2ccccc21. The second-order valence-corrected chi connectivity index (χ2v) is 7.40. The summed E-state index contributed by atoms with van der Waals surface area (Å²) in [4.78, 5) is 17.1. The molecular weight excluding hydrogens is 348 g/mol. The van der Waals surface area contributed by atoms with E-state index >= 15 is 0 Å². The predicted molar refractivity (Wildman–Crippen MR) is 111 cm³/mol. The zero-order valence-corrected chi connectivity index (χ0v) is 15.9. The molecule has 5 nitrogen and oxygen atoms in total. The topological polar surface area (TPSA) is 51.9 Å². The molecule has 0 unspecified atom stereocenters. The van der Waals surface area contributed by atoms with E-state index in [0.717, 1.165) is 46.4 Å². The zero-order valence-electron chi connectivity index (χ0n) is 15.9. The molecule has 4 aromatic rings. The van der Waals surface area contributed by atoms with Crippen molar-refractivity contribution in [2.24, 2.45) is 7.05 Å². The minimum absolute atomic E-state index is 0.00523. The molecule has 140 valence electrons. The summed E-state index contributed by atoms with van der Waals surface area (Å²) < 4.78 is 4.35. The van der Waals surface area contributed by atoms with Crippen LogP contribution in [-0.4, -0.2) is 20.0 Å². The number of nitrogens with zero attached hydrogens (tertiary/aromatic N) is 3. The molecule has 5 heteroatoms. The number of nitrogens with one attached hydrogen (secondary N) is 1. The average Bonchev–Trinajstić information content (AvgIpc) is 3.39. The van der Waals surface area contributed by atoms with Crippen LogP contribution in [0.3, 0.4) is 0 Å². The van der Waals surface area contributed by atoms with E-state index in [9.17, 15) is 4.79 Å². The summed E-state index contributed by atoms with van der Waals surface area (Å²) >= 11 is 0. The molecule has 0 aliphatic carbocycles. The van der Waals surface area contributed by atoms with Gasteiger partial charge in [-0.1, -0.05) is 30.3 Å². The molecule has 3 heterocycles. The van der Waals surface area contributed by atoms with E-state index < -0.39 is 0 Å². The first kappa shape index (κ1) is 16.8. The fraction of sp³-hybridized carbons (Fsp3) is 0.217. The van der Waals surface area contributed by atoms with Gasteiger partial charge in [0, 0.05) is 42.8 Å². The van der Waals surface area contributed by atoms with Crippen LogP contribution in [0, 0.1) is 0 Å². The summed E-state index contributed by atoms with van der Waals surface area (Å²) in [7, 11) is 2.01. The number of rotatable bonds is 4. The summed E-state index contributed by atoms with van der Waals surface area (Å²) in [5.41, 5.74) is 5.29. The zero-order chi connectivity index (χ0) is 19.1. The summed E-state index contributed by atoms with van der Waals surface area (Å²) in [6.07, 6.45) is 6.57. The number of hydrogen-bond donors (Lipinski definition) is 1. The lowest BCUT2D eigenvalue weighted by Gasteiger charge is -2.08. The lowest BCUT2D eigenvalue weighted by Crippen LogP contribution is -2.14. The number of imidazole rings is 1. The fourth-order valence-electron chi connectivity index (χ4n) is 4.16. The molecule has 28 heavy (non-hydrogen) atoms. The monoisotopic (exact) mass is 370 g/mol. The molecule has 1 aliphatic rings. The van der Waals surface area contributed by atoms with Gasteiger partial charge in [0.25, 0.3) is 0 Å². The summed E-state index contributed by atoms with van der Waals surface area (Å²) in [6.45, 7) is 1.04. The van der Waals surface area contributed by atoms with E-state index in [2.05, 4.69) is 43.7 Å². The van der Waals surface area contributed by atoms with Crippen LogP contribution in [0.2, 0.25) is 0 Å². The van der Waals surface area contributed by atoms with E-state index in [4.69, 9.17) is 0 Å². The van der Waals surface area contributed by atoms with Crippen LogP contribution in [0.4, 0.5) is 5.69 Å². The van der Waals surface area contributed by atoms with E-state index in [1.807, 2.05) is 43.7 Å². The normalized spacial score (nSPS) is 13.0. The lowest BCUT2D eigenvalue weighted by molar-refractivity contribution is -0.115. The molecule has 5 rings (SSSR count). The second kappa shape index (κ2) is 6.68. The first-order valence-electron chi connectivity index (χ1n) is 9.67. The number of carbonyl (C=O) groups is 1. The predicted octanol–water partition coefficient (Wildman–Crippen LogP) is 4.17. The third-order valence-electron chi connectivity index (χ3n) is 5.52. The Morgan fingerprint density at radius 3 is 2.82 bits per heavy atom. The number of fused-ring (bicyclic) bond motifs is 2. The Bertz CT molecular complexity index is 1170. The number of aryl methyl sites for hydroxylation is 2. The number of amides is 1. The van der Waals surface area contributed by atoms with E-state index in [0.29, 0.717) is 6.42 Å². The first-order chi connectivity index (χ1) is 13.7. The van der Waals surface area contributed by atoms with Crippen molar-refractivity contribution in [1.29, 1.82) is 0 Å². The Labute approximate surface area is 163 Å². The quantitative estimate of drug-likeness (QED) is 0.586. The van der Waals surface area contributed by atoms with Crippen LogP contribution in [-0.2, 0) is 31.2 Å². The van der Waals surface area contributed by atoms with Gasteiger partial charge in [-0.05, 0) is 35.7 Å². The van der Waals surface area contributed by atoms with Crippen molar-refractivity contribution < 1.29 is 4.79 Å². The van der Waals surface area contributed by atoms with Gasteiger partial charge in [0.15, 0.2) is 0 Å². The van der Waals surface area contributed by atoms with Crippen LogP contribution >= 0.6 is 0 Å². The molecule has 1 N–H and O–H groups in total. The maximum atomic E-state index is 12.6. The Morgan fingerprint density at radius 1 is 1.14 bits per heavy atom. The molecule has 0 radical (unpaired) electrons. The maximum absolute atomic E-state index is 12.6. The molecule has 0 atom stereocenters. The van der Waals surface area contributed by atoms with Gasteiger partial charge in [-0.25, -0.2) is 4.98 Å². The highest BCUT2D eigenvalue weighted by molar-refractivity contribution is 5.96. The number of carbonyl (C=O) groups excluding carboxylic acids is 1. The van der Waals surface area contributed by atoms with Crippen molar-refractivity contribution in [2.45, 2.75) is 25.8 Å². The molecule has 0 spiro atoms. The molecule has 0 fully saturated rings. The smallest absolute Gasteiger partial charge is 0.228 e. The number of para-hydroxylation sites is 1. The summed E-state index contributed by atoms with van der Waals surface area (Å²) in [5.74, 6) is 1.16. The van der Waals surface area contributed by atoms with Crippen molar-refractivity contribution in [3.8, 4) is 11.3 Å². The van der Waals surface area contributed by atoms with Crippen molar-refractivity contribution in [3.05, 3.63) is 72.3 Å². The van der Waals surface area contributed by atoms with Gasteiger partial charge in [-0.15, -0.1) is 0 Å². The Balaban J connectivity index is 1.31. The van der Waals surface area contributed by atoms with E-state index in [1.165, 1.54) is 12.2 Å². The minimum Gasteiger partial charge on any atom is -0.350 e. The van der Waals surface area contributed by atoms with Gasteiger partial charge in [-0.3, -0.25) is 4.79 Å². The first-order valence-corrected chi connectivity index (χ1v) is 9.67. The van der Waals surface area contributed by atoms with Gasteiger partial charge < -0.3 is 14.5 Å². The summed E-state index contributed by atoms with van der Waals surface area (Å²) in [6, 6.07) is 16.2. The average molecular weight is 370 g/mol. The van der Waals surface area contributed by atoms with Crippen LogP contribution in [0.25, 0.3) is 22.2 Å². The minimum atomic E-state index is -0.00523. The molecule has 0 saturated carbocycles. The second-order valence-electron chi connectivity index (χ2n) is 7.40. The van der Waals surface area contributed by atoms with Gasteiger partial charge in [-0.2, -0.15) is 0 Å². The standard InChI is InChI=1S/C23H22N4O/c1-26-15-17(19-5-2-3-6-20(19)26)13-23(28)25-18-10-8-16(9-11-18)21-14-24-22-7-4-12-27(21)22/h2-3,5-6,8-11,14-15H,4,7,12-13H2,1H3,(H,25,28). The Hall–Kier alpha value is -3.34. The Kier molecular flexibility index (Phi) is 4.01. The summed E-state index contributed by atoms with van der Waals surface area (Å²) in [5, 5.41) is 4.15. The molecule has 0 bridgehead atoms. The van der Waals surface area contributed by atoms with Crippen LogP contribution < -0.4 is 5.32 Å². The van der Waals surface area contributed by atoms with Crippen LogP contribution in [0.15, 0.2) is 60.9 Å². The third-order valence-corrected chi connectivity index (χ3v) is 5.52. The molecule has 2 aromatic carbocycles. The maximum Gasteiger partial charge on any atom is 0.228 e. The lowest BCUT2D eigenvalue weighted by atomic mass is 10.1. The molecule has 0 saturated heterocycles. The number of anilines is 1. The highest BCUT2D eigenvalue weighted by Crippen LogP contribution is 2.27. The molecule has 2 aromatic heterocycles. The van der Waals surface area contributed by atoms with Gasteiger partial charge in [0.2, 0.25) is 5.91 Å². The Morgan fingerprint density at radius 2 is 1.96 bits per heavy atom. The molecule has 1 amide bonds. The van der Waals surface area contributed by atoms with Crippen LogP contribution in [0.1, 0.15) is 17.8 Å². The fourth-order valence-corrected chi connectivity index (χ4v) is 4.16. The van der Waals surface area contributed by atoms with E-state index in [1.54, 1.807) is 0 Å². The largest absolute Gasteiger partial charge is 0.350 e.